The quantitative estimate of drug-likeness (QED) is 0.0529. The number of hydrogen-bond donors (Lipinski definition) is 0. The summed E-state index contributed by atoms with van der Waals surface area (Å²) in [5.41, 5.74) is 4.67. The van der Waals surface area contributed by atoms with E-state index in [0.29, 0.717) is 0 Å². The molecule has 42 heavy (non-hydrogen) atoms. The Balaban J connectivity index is 1.30. The van der Waals surface area contributed by atoms with E-state index >= 15 is 0 Å². The summed E-state index contributed by atoms with van der Waals surface area (Å²) < 4.78 is 37.9. The van der Waals surface area contributed by atoms with Gasteiger partial charge in [0, 0.05) is 54.7 Å². The second-order valence-electron chi connectivity index (χ2n) is 9.09. The maximum atomic E-state index is 5.57. The molecule has 0 aliphatic rings. The first-order valence-corrected chi connectivity index (χ1v) is 23.5. The molecule has 16 heteroatoms. The van der Waals surface area contributed by atoms with E-state index in [-0.39, 0.29) is 0 Å². The zero-order valence-corrected chi connectivity index (χ0v) is 31.4. The maximum absolute atomic E-state index is 5.57. The van der Waals surface area contributed by atoms with Crippen molar-refractivity contribution in [1.29, 1.82) is 0 Å². The van der Waals surface area contributed by atoms with E-state index in [1.807, 2.05) is 0 Å². The largest absolute Gasteiger partial charge is 0.500 e. The summed E-state index contributed by atoms with van der Waals surface area (Å²) in [7, 11) is 11.7. The van der Waals surface area contributed by atoms with Gasteiger partial charge in [0.05, 0.1) is 20.4 Å². The van der Waals surface area contributed by atoms with E-state index < -0.39 is 17.6 Å². The van der Waals surface area contributed by atoms with Crippen molar-refractivity contribution in [2.75, 3.05) is 42.7 Å². The Morgan fingerprint density at radius 1 is 0.595 bits per heavy atom. The second kappa shape index (κ2) is 16.9. The van der Waals surface area contributed by atoms with E-state index in [2.05, 4.69) is 36.4 Å². The Hall–Kier alpha value is -0.186. The van der Waals surface area contributed by atoms with Gasteiger partial charge in [-0.05, 0) is 90.2 Å². The average molecular weight is 721 g/mol. The third-order valence-electron chi connectivity index (χ3n) is 6.93. The maximum Gasteiger partial charge on any atom is 0.500 e. The molecule has 0 unspecified atom stereocenters. The zero-order valence-electron chi connectivity index (χ0n) is 24.5. The predicted molar refractivity (Wildman–Crippen MR) is 186 cm³/mol. The van der Waals surface area contributed by atoms with Gasteiger partial charge in [0.25, 0.3) is 0 Å². The molecule has 2 aromatic carbocycles. The number of aromatic nitrogens is 2. The minimum absolute atomic E-state index is 0.771. The van der Waals surface area contributed by atoms with Crippen LogP contribution in [0, 0.1) is 0 Å². The van der Waals surface area contributed by atoms with Crippen LogP contribution in [0.2, 0.25) is 12.1 Å². The summed E-state index contributed by atoms with van der Waals surface area (Å²) in [6.07, 6.45) is 3.65. The first kappa shape index (κ1) is 34.7. The zero-order chi connectivity index (χ0) is 30.0. The lowest BCUT2D eigenvalue weighted by molar-refractivity contribution is 0.122. The lowest BCUT2D eigenvalue weighted by atomic mass is 10.1. The van der Waals surface area contributed by atoms with E-state index in [1.54, 1.807) is 107 Å². The van der Waals surface area contributed by atoms with Crippen molar-refractivity contribution >= 4 is 102 Å². The van der Waals surface area contributed by atoms with Crippen molar-refractivity contribution in [2.45, 2.75) is 46.5 Å². The fourth-order valence-electron chi connectivity index (χ4n) is 4.63. The molecule has 0 spiro atoms. The van der Waals surface area contributed by atoms with Gasteiger partial charge in [0.2, 0.25) is 0 Å². The summed E-state index contributed by atoms with van der Waals surface area (Å²) in [5.74, 6) is 0. The van der Waals surface area contributed by atoms with Gasteiger partial charge in [0.1, 0.15) is 0 Å². The molecule has 0 bridgehead atoms. The molecule has 4 aromatic rings. The highest BCUT2D eigenvalue weighted by atomic mass is 33.7. The highest BCUT2D eigenvalue weighted by Crippen LogP contribution is 2.51. The average Bonchev–Trinajstić information content (AvgIpc) is 3.65. The Morgan fingerprint density at radius 2 is 0.976 bits per heavy atom. The van der Waals surface area contributed by atoms with Crippen LogP contribution >= 0.6 is 63.9 Å². The Bertz CT molecular complexity index is 1300. The van der Waals surface area contributed by atoms with Crippen molar-refractivity contribution in [3.05, 3.63) is 47.5 Å². The number of thiazole rings is 2. The van der Waals surface area contributed by atoms with Gasteiger partial charge in [-0.15, -0.1) is 22.7 Å². The number of fused-ring (bicyclic) bond motifs is 2. The van der Waals surface area contributed by atoms with Gasteiger partial charge in [-0.1, -0.05) is 24.3 Å². The molecule has 0 aliphatic heterocycles. The third kappa shape index (κ3) is 8.75. The summed E-state index contributed by atoms with van der Waals surface area (Å²) in [6.45, 7) is 0. The summed E-state index contributed by atoms with van der Waals surface area (Å²) in [5, 5.41) is 0. The second-order valence-corrected chi connectivity index (χ2v) is 23.5. The fraction of sp³-hybridized carbons (Fsp3) is 0.462. The summed E-state index contributed by atoms with van der Waals surface area (Å²) in [6, 6.07) is 14.4. The SMILES string of the molecule is CO[Si](CCCc1cccc2sc(SSSSc3nc4c(CCC[Si](OC)(OC)OC)cccc4s3)nc12)(OC)OC. The molecule has 0 N–H and O–H groups in total. The van der Waals surface area contributed by atoms with Gasteiger partial charge in [-0.3, -0.25) is 0 Å². The van der Waals surface area contributed by atoms with Crippen LogP contribution < -0.4 is 0 Å². The minimum Gasteiger partial charge on any atom is -0.377 e. The van der Waals surface area contributed by atoms with Crippen molar-refractivity contribution in [2.24, 2.45) is 0 Å². The lowest BCUT2D eigenvalue weighted by Gasteiger charge is -2.24. The Morgan fingerprint density at radius 3 is 1.33 bits per heavy atom. The van der Waals surface area contributed by atoms with Crippen molar-refractivity contribution in [3.8, 4) is 0 Å². The standard InChI is InChI=1S/C26H36N2O6S6Si2/c1-29-41(30-2,31-3)17-9-13-19-11-7-15-21-23(19)27-25(35-21)37-39-40-38-26-28-24-20(12-8-16-22(24)36-26)14-10-18-42(32-4,33-5)34-6/h7-8,11-12,15-16H,9-10,13-14,17-18H2,1-6H3. The van der Waals surface area contributed by atoms with Crippen LogP contribution in [0.15, 0.2) is 45.1 Å². The molecule has 0 amide bonds. The van der Waals surface area contributed by atoms with Gasteiger partial charge in [0.15, 0.2) is 8.68 Å². The molecule has 2 heterocycles. The van der Waals surface area contributed by atoms with Gasteiger partial charge >= 0.3 is 17.6 Å². The molecule has 0 saturated carbocycles. The molecule has 0 fully saturated rings. The van der Waals surface area contributed by atoms with E-state index in [9.17, 15) is 0 Å². The van der Waals surface area contributed by atoms with E-state index in [1.165, 1.54) is 20.5 Å². The molecule has 0 radical (unpaired) electrons. The minimum atomic E-state index is -2.56. The molecule has 230 valence electrons. The summed E-state index contributed by atoms with van der Waals surface area (Å²) >= 11 is 3.47. The number of nitrogens with zero attached hydrogens (tertiary/aromatic N) is 2. The molecular formula is C26H36N2O6S6Si2. The first-order valence-electron chi connectivity index (χ1n) is 13.2. The number of rotatable bonds is 19. The van der Waals surface area contributed by atoms with Crippen LogP contribution in [-0.2, 0) is 39.4 Å². The van der Waals surface area contributed by atoms with Crippen LogP contribution in [0.1, 0.15) is 24.0 Å². The first-order chi connectivity index (χ1) is 20.4. The van der Waals surface area contributed by atoms with Gasteiger partial charge < -0.3 is 26.6 Å². The monoisotopic (exact) mass is 720 g/mol. The van der Waals surface area contributed by atoms with Gasteiger partial charge in [-0.25, -0.2) is 9.97 Å². The van der Waals surface area contributed by atoms with E-state index in [0.717, 1.165) is 57.5 Å². The molecule has 8 nitrogen and oxygen atoms in total. The highest BCUT2D eigenvalue weighted by Gasteiger charge is 2.37. The molecule has 0 saturated heterocycles. The Kier molecular flexibility index (Phi) is 14.0. The van der Waals surface area contributed by atoms with Crippen LogP contribution in [0.3, 0.4) is 0 Å². The van der Waals surface area contributed by atoms with Crippen LogP contribution in [0.25, 0.3) is 20.4 Å². The smallest absolute Gasteiger partial charge is 0.377 e. The van der Waals surface area contributed by atoms with Crippen LogP contribution in [0.5, 0.6) is 0 Å². The molecule has 0 aliphatic carbocycles. The predicted octanol–water partition coefficient (Wildman–Crippen LogP) is 8.62. The number of para-hydroxylation sites is 2. The lowest BCUT2D eigenvalue weighted by Crippen LogP contribution is -2.42. The molecule has 2 aromatic heterocycles. The van der Waals surface area contributed by atoms with Crippen molar-refractivity contribution in [3.63, 3.8) is 0 Å². The number of aryl methyl sites for hydroxylation is 2. The molecule has 0 atom stereocenters. The van der Waals surface area contributed by atoms with Crippen LogP contribution in [-0.4, -0.2) is 70.2 Å². The fourth-order valence-corrected chi connectivity index (χ4v) is 16.7. The van der Waals surface area contributed by atoms with Gasteiger partial charge in [-0.2, -0.15) is 0 Å². The number of hydrogen-bond acceptors (Lipinski definition) is 14. The van der Waals surface area contributed by atoms with Crippen molar-refractivity contribution < 1.29 is 26.6 Å². The molecule has 4 rings (SSSR count). The highest BCUT2D eigenvalue weighted by molar-refractivity contribution is 9.26. The van der Waals surface area contributed by atoms with E-state index in [4.69, 9.17) is 36.5 Å². The normalized spacial score (nSPS) is 12.6. The topological polar surface area (TPSA) is 81.2 Å². The van der Waals surface area contributed by atoms with Crippen molar-refractivity contribution in [1.82, 2.24) is 9.97 Å². The molecular weight excluding hydrogens is 685 g/mol. The van der Waals surface area contributed by atoms with Crippen LogP contribution in [0.4, 0.5) is 0 Å². The summed E-state index contributed by atoms with van der Waals surface area (Å²) in [4.78, 5) is 9.92. The Labute approximate surface area is 273 Å². The number of benzene rings is 2. The third-order valence-corrected chi connectivity index (χ3v) is 21.3.